The van der Waals surface area contributed by atoms with E-state index in [0.717, 1.165) is 12.8 Å². The van der Waals surface area contributed by atoms with E-state index in [2.05, 4.69) is 10.1 Å². The number of likely N-dealkylation sites (tertiary alicyclic amines) is 2. The standard InChI is InChI=1S/C13H18N4O3/c1-8-14-12(20-15-8)10-4-3-5-17(10)13(19)9-6-11(18)16(2)7-9/h9-10H,3-7H2,1-2H3. The van der Waals surface area contributed by atoms with Gasteiger partial charge in [0.05, 0.1) is 5.92 Å². The number of hydrogen-bond donors (Lipinski definition) is 0. The molecular weight excluding hydrogens is 260 g/mol. The zero-order valence-corrected chi connectivity index (χ0v) is 11.7. The van der Waals surface area contributed by atoms with E-state index in [9.17, 15) is 9.59 Å². The van der Waals surface area contributed by atoms with Crippen molar-refractivity contribution in [3.05, 3.63) is 11.7 Å². The Hall–Kier alpha value is -1.92. The van der Waals surface area contributed by atoms with E-state index in [1.807, 2.05) is 0 Å². The second kappa shape index (κ2) is 4.88. The molecule has 1 aromatic heterocycles. The van der Waals surface area contributed by atoms with Crippen molar-refractivity contribution in [1.82, 2.24) is 19.9 Å². The summed E-state index contributed by atoms with van der Waals surface area (Å²) in [5, 5.41) is 3.79. The van der Waals surface area contributed by atoms with Gasteiger partial charge in [-0.3, -0.25) is 9.59 Å². The number of rotatable bonds is 2. The van der Waals surface area contributed by atoms with Crippen LogP contribution in [0.1, 0.15) is 37.0 Å². The lowest BCUT2D eigenvalue weighted by molar-refractivity contribution is -0.137. The number of hydrogen-bond acceptors (Lipinski definition) is 5. The fourth-order valence-corrected chi connectivity index (χ4v) is 3.00. The number of aromatic nitrogens is 2. The average Bonchev–Trinajstić information content (AvgIpc) is 3.10. The first-order valence-corrected chi connectivity index (χ1v) is 6.91. The lowest BCUT2D eigenvalue weighted by atomic mass is 10.1. The molecule has 2 saturated heterocycles. The highest BCUT2D eigenvalue weighted by Crippen LogP contribution is 2.33. The Balaban J connectivity index is 1.75. The number of carbonyl (C=O) groups is 2. The molecule has 0 radical (unpaired) electrons. The van der Waals surface area contributed by atoms with Gasteiger partial charge in [0.1, 0.15) is 6.04 Å². The maximum atomic E-state index is 12.6. The van der Waals surface area contributed by atoms with Gasteiger partial charge in [-0.15, -0.1) is 0 Å². The summed E-state index contributed by atoms with van der Waals surface area (Å²) in [6.45, 7) is 2.96. The third kappa shape index (κ3) is 2.17. The summed E-state index contributed by atoms with van der Waals surface area (Å²) in [6.07, 6.45) is 2.07. The Bertz CT molecular complexity index is 541. The van der Waals surface area contributed by atoms with Gasteiger partial charge in [-0.05, 0) is 19.8 Å². The van der Waals surface area contributed by atoms with Gasteiger partial charge in [-0.2, -0.15) is 4.98 Å². The minimum Gasteiger partial charge on any atom is -0.345 e. The molecule has 1 aromatic rings. The van der Waals surface area contributed by atoms with E-state index in [1.165, 1.54) is 0 Å². The van der Waals surface area contributed by atoms with Gasteiger partial charge < -0.3 is 14.3 Å². The molecule has 0 saturated carbocycles. The maximum Gasteiger partial charge on any atom is 0.249 e. The first kappa shape index (κ1) is 13.1. The molecule has 2 aliphatic rings. The summed E-state index contributed by atoms with van der Waals surface area (Å²) >= 11 is 0. The maximum absolute atomic E-state index is 12.6. The third-order valence-corrected chi connectivity index (χ3v) is 4.05. The van der Waals surface area contributed by atoms with Crippen LogP contribution in [0.3, 0.4) is 0 Å². The van der Waals surface area contributed by atoms with Crippen molar-refractivity contribution in [2.24, 2.45) is 5.92 Å². The highest BCUT2D eigenvalue weighted by Gasteiger charge is 2.40. The number of amides is 2. The molecule has 7 nitrogen and oxygen atoms in total. The Kier molecular flexibility index (Phi) is 3.19. The van der Waals surface area contributed by atoms with Crippen LogP contribution in [-0.2, 0) is 9.59 Å². The van der Waals surface area contributed by atoms with Crippen LogP contribution in [-0.4, -0.2) is 51.9 Å². The zero-order valence-electron chi connectivity index (χ0n) is 11.7. The molecule has 20 heavy (non-hydrogen) atoms. The van der Waals surface area contributed by atoms with Crippen molar-refractivity contribution in [3.8, 4) is 0 Å². The molecule has 2 unspecified atom stereocenters. The van der Waals surface area contributed by atoms with E-state index in [-0.39, 0.29) is 23.8 Å². The molecule has 2 amide bonds. The molecule has 2 fully saturated rings. The molecule has 3 heterocycles. The Labute approximate surface area is 116 Å². The average molecular weight is 278 g/mol. The molecule has 0 aromatic carbocycles. The highest BCUT2D eigenvalue weighted by molar-refractivity contribution is 5.89. The predicted octanol–water partition coefficient (Wildman–Crippen LogP) is 0.520. The minimum atomic E-state index is -0.239. The largest absolute Gasteiger partial charge is 0.345 e. The Morgan fingerprint density at radius 1 is 1.45 bits per heavy atom. The van der Waals surface area contributed by atoms with E-state index >= 15 is 0 Å². The lowest BCUT2D eigenvalue weighted by Gasteiger charge is -2.24. The molecule has 0 N–H and O–H groups in total. The monoisotopic (exact) mass is 278 g/mol. The molecule has 7 heteroatoms. The van der Waals surface area contributed by atoms with E-state index in [1.54, 1.807) is 23.8 Å². The van der Waals surface area contributed by atoms with Crippen LogP contribution in [0.2, 0.25) is 0 Å². The van der Waals surface area contributed by atoms with Crippen LogP contribution >= 0.6 is 0 Å². The summed E-state index contributed by atoms with van der Waals surface area (Å²) in [5.74, 6) is 0.909. The fraction of sp³-hybridized carbons (Fsp3) is 0.692. The molecule has 108 valence electrons. The molecule has 0 spiro atoms. The van der Waals surface area contributed by atoms with Gasteiger partial charge in [-0.25, -0.2) is 0 Å². The van der Waals surface area contributed by atoms with Crippen molar-refractivity contribution in [2.75, 3.05) is 20.1 Å². The molecular formula is C13H18N4O3. The molecule has 3 rings (SSSR count). The molecule has 2 aliphatic heterocycles. The minimum absolute atomic E-state index is 0.0288. The van der Waals surface area contributed by atoms with E-state index < -0.39 is 0 Å². The molecule has 2 atom stereocenters. The number of aryl methyl sites for hydroxylation is 1. The summed E-state index contributed by atoms with van der Waals surface area (Å²) in [4.78, 5) is 31.8. The first-order chi connectivity index (χ1) is 9.56. The smallest absolute Gasteiger partial charge is 0.249 e. The van der Waals surface area contributed by atoms with Crippen molar-refractivity contribution in [1.29, 1.82) is 0 Å². The van der Waals surface area contributed by atoms with Gasteiger partial charge in [0.2, 0.25) is 17.7 Å². The number of carbonyl (C=O) groups excluding carboxylic acids is 2. The normalized spacial score (nSPS) is 26.6. The van der Waals surface area contributed by atoms with E-state index in [0.29, 0.717) is 31.2 Å². The van der Waals surface area contributed by atoms with Crippen molar-refractivity contribution >= 4 is 11.8 Å². The highest BCUT2D eigenvalue weighted by atomic mass is 16.5. The molecule has 0 bridgehead atoms. The van der Waals surface area contributed by atoms with Crippen LogP contribution in [0.25, 0.3) is 0 Å². The van der Waals surface area contributed by atoms with Gasteiger partial charge in [-0.1, -0.05) is 5.16 Å². The van der Waals surface area contributed by atoms with Gasteiger partial charge in [0, 0.05) is 26.6 Å². The summed E-state index contributed by atoms with van der Waals surface area (Å²) in [7, 11) is 1.73. The Morgan fingerprint density at radius 3 is 2.85 bits per heavy atom. The number of nitrogens with zero attached hydrogens (tertiary/aromatic N) is 4. The fourth-order valence-electron chi connectivity index (χ4n) is 3.00. The SMILES string of the molecule is Cc1noc(C2CCCN2C(=O)C2CC(=O)N(C)C2)n1. The van der Waals surface area contributed by atoms with Crippen molar-refractivity contribution in [2.45, 2.75) is 32.2 Å². The Morgan fingerprint density at radius 2 is 2.25 bits per heavy atom. The van der Waals surface area contributed by atoms with Crippen LogP contribution in [0.5, 0.6) is 0 Å². The second-order valence-electron chi connectivity index (χ2n) is 5.54. The summed E-state index contributed by atoms with van der Waals surface area (Å²) in [6, 6.07) is -0.135. The van der Waals surface area contributed by atoms with Gasteiger partial charge in [0.15, 0.2) is 5.82 Å². The topological polar surface area (TPSA) is 79.5 Å². The van der Waals surface area contributed by atoms with Crippen molar-refractivity contribution < 1.29 is 14.1 Å². The first-order valence-electron chi connectivity index (χ1n) is 6.91. The van der Waals surface area contributed by atoms with Crippen molar-refractivity contribution in [3.63, 3.8) is 0 Å². The van der Waals surface area contributed by atoms with Crippen LogP contribution in [0.4, 0.5) is 0 Å². The summed E-state index contributed by atoms with van der Waals surface area (Å²) in [5.41, 5.74) is 0. The third-order valence-electron chi connectivity index (χ3n) is 4.05. The predicted molar refractivity (Wildman–Crippen MR) is 68.5 cm³/mol. The van der Waals surface area contributed by atoms with Gasteiger partial charge in [0.25, 0.3) is 0 Å². The summed E-state index contributed by atoms with van der Waals surface area (Å²) < 4.78 is 5.20. The van der Waals surface area contributed by atoms with Crippen LogP contribution in [0.15, 0.2) is 4.52 Å². The van der Waals surface area contributed by atoms with Crippen LogP contribution < -0.4 is 0 Å². The van der Waals surface area contributed by atoms with E-state index in [4.69, 9.17) is 4.52 Å². The zero-order chi connectivity index (χ0) is 14.3. The van der Waals surface area contributed by atoms with Crippen LogP contribution in [0, 0.1) is 12.8 Å². The second-order valence-corrected chi connectivity index (χ2v) is 5.54. The van der Waals surface area contributed by atoms with Gasteiger partial charge >= 0.3 is 0 Å². The molecule has 0 aliphatic carbocycles. The lowest BCUT2D eigenvalue weighted by Crippen LogP contribution is -2.36. The quantitative estimate of drug-likeness (QED) is 0.788.